The van der Waals surface area contributed by atoms with Gasteiger partial charge < -0.3 is 19.7 Å². The number of piperidine rings is 1. The number of benzene rings is 2. The third-order valence-corrected chi connectivity index (χ3v) is 6.57. The fraction of sp³-hybridized carbons (Fsp3) is 0.391. The molecule has 0 radical (unpaired) electrons. The van der Waals surface area contributed by atoms with Gasteiger partial charge in [-0.3, -0.25) is 4.79 Å². The van der Waals surface area contributed by atoms with E-state index >= 15 is 0 Å². The fourth-order valence-electron chi connectivity index (χ4n) is 3.82. The molecule has 3 aromatic rings. The number of nitrogens with zero attached hydrogens (tertiary/aromatic N) is 2. The highest BCUT2D eigenvalue weighted by molar-refractivity contribution is 7.22. The standard InChI is InChI=1S/C23H27N3O3S/c1-28-18-7-3-5-16(13-18)10-11-24-22(27)17-6-4-12-26(15-17)23-25-20-9-8-19(29-2)14-21(20)30-23/h3,5,7-9,13-14,17H,4,6,10-12,15H2,1-2H3,(H,24,27). The Hall–Kier alpha value is -2.80. The Bertz CT molecular complexity index is 1020. The molecule has 0 saturated carbocycles. The molecule has 2 heterocycles. The predicted octanol–water partition coefficient (Wildman–Crippen LogP) is 3.89. The number of anilines is 1. The van der Waals surface area contributed by atoms with Crippen LogP contribution < -0.4 is 19.7 Å². The lowest BCUT2D eigenvalue weighted by Crippen LogP contribution is -2.43. The molecule has 0 aliphatic carbocycles. The summed E-state index contributed by atoms with van der Waals surface area (Å²) in [4.78, 5) is 19.8. The molecule has 1 amide bonds. The van der Waals surface area contributed by atoms with Crippen molar-refractivity contribution in [3.05, 3.63) is 48.0 Å². The van der Waals surface area contributed by atoms with Crippen molar-refractivity contribution in [2.75, 3.05) is 38.8 Å². The molecule has 1 saturated heterocycles. The first kappa shape index (κ1) is 20.5. The monoisotopic (exact) mass is 425 g/mol. The lowest BCUT2D eigenvalue weighted by Gasteiger charge is -2.31. The molecule has 0 spiro atoms. The zero-order chi connectivity index (χ0) is 20.9. The van der Waals surface area contributed by atoms with Crippen molar-refractivity contribution in [3.8, 4) is 11.5 Å². The molecule has 1 aromatic heterocycles. The fourth-order valence-corrected chi connectivity index (χ4v) is 4.85. The quantitative estimate of drug-likeness (QED) is 0.622. The number of carbonyl (C=O) groups excluding carboxylic acids is 1. The molecule has 6 nitrogen and oxygen atoms in total. The second kappa shape index (κ2) is 9.34. The topological polar surface area (TPSA) is 63.7 Å². The molecule has 1 N–H and O–H groups in total. The highest BCUT2D eigenvalue weighted by Gasteiger charge is 2.27. The molecule has 1 fully saturated rings. The van der Waals surface area contributed by atoms with Gasteiger partial charge in [0.2, 0.25) is 5.91 Å². The number of hydrogen-bond donors (Lipinski definition) is 1. The Morgan fingerprint density at radius 2 is 2.03 bits per heavy atom. The Kier molecular flexibility index (Phi) is 6.38. The summed E-state index contributed by atoms with van der Waals surface area (Å²) >= 11 is 1.66. The smallest absolute Gasteiger partial charge is 0.224 e. The van der Waals surface area contributed by atoms with E-state index < -0.39 is 0 Å². The van der Waals surface area contributed by atoms with Crippen LogP contribution in [0, 0.1) is 5.92 Å². The summed E-state index contributed by atoms with van der Waals surface area (Å²) in [7, 11) is 3.34. The minimum Gasteiger partial charge on any atom is -0.497 e. The second-order valence-electron chi connectivity index (χ2n) is 7.51. The van der Waals surface area contributed by atoms with E-state index in [0.717, 1.165) is 58.2 Å². The van der Waals surface area contributed by atoms with E-state index in [4.69, 9.17) is 14.5 Å². The largest absolute Gasteiger partial charge is 0.497 e. The van der Waals surface area contributed by atoms with Gasteiger partial charge in [-0.15, -0.1) is 0 Å². The SMILES string of the molecule is COc1cccc(CCNC(=O)C2CCCN(c3nc4ccc(OC)cc4s3)C2)c1. The Morgan fingerprint density at radius 3 is 2.87 bits per heavy atom. The Balaban J connectivity index is 1.34. The molecule has 30 heavy (non-hydrogen) atoms. The number of thiazole rings is 1. The zero-order valence-electron chi connectivity index (χ0n) is 17.4. The summed E-state index contributed by atoms with van der Waals surface area (Å²) in [5, 5.41) is 4.09. The normalized spacial score (nSPS) is 16.5. The summed E-state index contributed by atoms with van der Waals surface area (Å²) < 4.78 is 11.7. The molecular formula is C23H27N3O3S. The summed E-state index contributed by atoms with van der Waals surface area (Å²) in [5.41, 5.74) is 2.13. The molecule has 1 aliphatic rings. The third-order valence-electron chi connectivity index (χ3n) is 5.49. The molecule has 1 aliphatic heterocycles. The Labute approximate surface area is 180 Å². The van der Waals surface area contributed by atoms with Crippen LogP contribution in [-0.4, -0.2) is 44.7 Å². The molecular weight excluding hydrogens is 398 g/mol. The number of aromatic nitrogens is 1. The van der Waals surface area contributed by atoms with Crippen LogP contribution in [-0.2, 0) is 11.2 Å². The summed E-state index contributed by atoms with van der Waals surface area (Å²) in [5.74, 6) is 1.80. The van der Waals surface area contributed by atoms with E-state index in [2.05, 4.69) is 16.3 Å². The maximum Gasteiger partial charge on any atom is 0.224 e. The van der Waals surface area contributed by atoms with Gasteiger partial charge in [0.25, 0.3) is 0 Å². The lowest BCUT2D eigenvalue weighted by atomic mass is 9.97. The van der Waals surface area contributed by atoms with Gasteiger partial charge in [0.05, 0.1) is 30.4 Å². The molecule has 1 atom stereocenters. The lowest BCUT2D eigenvalue weighted by molar-refractivity contribution is -0.125. The van der Waals surface area contributed by atoms with Crippen LogP contribution in [0.4, 0.5) is 5.13 Å². The number of ether oxygens (including phenoxy) is 2. The van der Waals surface area contributed by atoms with E-state index in [1.54, 1.807) is 25.6 Å². The van der Waals surface area contributed by atoms with Gasteiger partial charge >= 0.3 is 0 Å². The first-order valence-corrected chi connectivity index (χ1v) is 11.1. The Morgan fingerprint density at radius 1 is 1.20 bits per heavy atom. The summed E-state index contributed by atoms with van der Waals surface area (Å²) in [6.45, 7) is 2.27. The van der Waals surface area contributed by atoms with Gasteiger partial charge in [-0.1, -0.05) is 23.5 Å². The number of carbonyl (C=O) groups is 1. The molecule has 0 bridgehead atoms. The van der Waals surface area contributed by atoms with Crippen LogP contribution in [0.2, 0.25) is 0 Å². The molecule has 2 aromatic carbocycles. The van der Waals surface area contributed by atoms with Crippen molar-refractivity contribution in [3.63, 3.8) is 0 Å². The van der Waals surface area contributed by atoms with Crippen molar-refractivity contribution in [2.24, 2.45) is 5.92 Å². The van der Waals surface area contributed by atoms with Crippen LogP contribution in [0.1, 0.15) is 18.4 Å². The van der Waals surface area contributed by atoms with Gasteiger partial charge in [-0.05, 0) is 55.2 Å². The summed E-state index contributed by atoms with van der Waals surface area (Å²) in [6.07, 6.45) is 2.70. The number of nitrogens with one attached hydrogen (secondary N) is 1. The number of fused-ring (bicyclic) bond motifs is 1. The first-order chi connectivity index (χ1) is 14.7. The van der Waals surface area contributed by atoms with E-state index in [1.807, 2.05) is 36.4 Å². The van der Waals surface area contributed by atoms with E-state index in [0.29, 0.717) is 13.1 Å². The minimum absolute atomic E-state index is 0.00870. The predicted molar refractivity (Wildman–Crippen MR) is 121 cm³/mol. The second-order valence-corrected chi connectivity index (χ2v) is 8.52. The van der Waals surface area contributed by atoms with Crippen LogP contribution in [0.3, 0.4) is 0 Å². The van der Waals surface area contributed by atoms with Crippen molar-refractivity contribution in [1.82, 2.24) is 10.3 Å². The van der Waals surface area contributed by atoms with Crippen molar-refractivity contribution in [1.29, 1.82) is 0 Å². The van der Waals surface area contributed by atoms with Crippen molar-refractivity contribution >= 4 is 32.6 Å². The number of methoxy groups -OCH3 is 2. The van der Waals surface area contributed by atoms with E-state index in [9.17, 15) is 4.79 Å². The highest BCUT2D eigenvalue weighted by atomic mass is 32.1. The third kappa shape index (κ3) is 4.67. The van der Waals surface area contributed by atoms with Crippen LogP contribution >= 0.6 is 11.3 Å². The first-order valence-electron chi connectivity index (χ1n) is 10.3. The van der Waals surface area contributed by atoms with Gasteiger partial charge in [0.15, 0.2) is 5.13 Å². The zero-order valence-corrected chi connectivity index (χ0v) is 18.2. The van der Waals surface area contributed by atoms with Crippen LogP contribution in [0.15, 0.2) is 42.5 Å². The average molecular weight is 426 g/mol. The highest BCUT2D eigenvalue weighted by Crippen LogP contribution is 2.33. The van der Waals surface area contributed by atoms with Gasteiger partial charge in [-0.25, -0.2) is 4.98 Å². The number of hydrogen-bond acceptors (Lipinski definition) is 6. The van der Waals surface area contributed by atoms with Crippen molar-refractivity contribution in [2.45, 2.75) is 19.3 Å². The van der Waals surface area contributed by atoms with Gasteiger partial charge in [-0.2, -0.15) is 0 Å². The average Bonchev–Trinajstić information content (AvgIpc) is 3.22. The maximum absolute atomic E-state index is 12.7. The molecule has 1 unspecified atom stereocenters. The van der Waals surface area contributed by atoms with Crippen molar-refractivity contribution < 1.29 is 14.3 Å². The minimum atomic E-state index is -0.00870. The van der Waals surface area contributed by atoms with Gasteiger partial charge in [0, 0.05) is 19.6 Å². The van der Waals surface area contributed by atoms with E-state index in [1.165, 1.54) is 0 Å². The van der Waals surface area contributed by atoms with Gasteiger partial charge in [0.1, 0.15) is 11.5 Å². The molecule has 158 valence electrons. The molecule has 7 heteroatoms. The van der Waals surface area contributed by atoms with Crippen LogP contribution in [0.25, 0.3) is 10.2 Å². The number of amides is 1. The maximum atomic E-state index is 12.7. The number of rotatable bonds is 7. The molecule has 4 rings (SSSR count). The van der Waals surface area contributed by atoms with Crippen LogP contribution in [0.5, 0.6) is 11.5 Å². The summed E-state index contributed by atoms with van der Waals surface area (Å²) in [6, 6.07) is 13.9. The van der Waals surface area contributed by atoms with E-state index in [-0.39, 0.29) is 11.8 Å².